The highest BCUT2D eigenvalue weighted by Gasteiger charge is 2.34. The van der Waals surface area contributed by atoms with Gasteiger partial charge in [0.15, 0.2) is 0 Å². The summed E-state index contributed by atoms with van der Waals surface area (Å²) < 4.78 is 0. The molecule has 5 nitrogen and oxygen atoms in total. The molecule has 1 heterocycles. The van der Waals surface area contributed by atoms with Crippen molar-refractivity contribution in [2.45, 2.75) is 39.5 Å². The van der Waals surface area contributed by atoms with Gasteiger partial charge in [0.2, 0.25) is 0 Å². The van der Waals surface area contributed by atoms with E-state index in [1.165, 1.54) is 0 Å². The van der Waals surface area contributed by atoms with E-state index in [2.05, 4.69) is 6.07 Å². The van der Waals surface area contributed by atoms with Crippen LogP contribution < -0.4 is 5.73 Å². The van der Waals surface area contributed by atoms with Crippen LogP contribution in [0, 0.1) is 36.5 Å². The van der Waals surface area contributed by atoms with Crippen molar-refractivity contribution in [3.63, 3.8) is 0 Å². The summed E-state index contributed by atoms with van der Waals surface area (Å²) in [6, 6.07) is 13.6. The Bertz CT molecular complexity index is 1120. The normalized spacial score (nSPS) is 16.9. The van der Waals surface area contributed by atoms with Crippen LogP contribution in [0.3, 0.4) is 0 Å². The SMILES string of the molecule is CC(N)=C(C(=N)c1cc(C(=O)N2CC(c3ccc(C#N)cc3)C2)c(C)cc1C)C1CC1. The van der Waals surface area contributed by atoms with Crippen LogP contribution in [-0.4, -0.2) is 29.6 Å². The fraction of sp³-hybridized carbons (Fsp3) is 0.346. The van der Waals surface area contributed by atoms with E-state index >= 15 is 0 Å². The van der Waals surface area contributed by atoms with E-state index in [0.29, 0.717) is 47.5 Å². The number of rotatable bonds is 5. The molecule has 5 heteroatoms. The number of amides is 1. The van der Waals surface area contributed by atoms with Gasteiger partial charge in [0.1, 0.15) is 0 Å². The van der Waals surface area contributed by atoms with Gasteiger partial charge in [-0.25, -0.2) is 0 Å². The number of likely N-dealkylation sites (tertiary alicyclic amines) is 1. The fourth-order valence-electron chi connectivity index (χ4n) is 4.45. The summed E-state index contributed by atoms with van der Waals surface area (Å²) in [4.78, 5) is 15.1. The molecule has 1 saturated carbocycles. The Labute approximate surface area is 183 Å². The molecule has 0 bridgehead atoms. The number of nitrogens with two attached hydrogens (primary N) is 1. The second kappa shape index (κ2) is 8.03. The lowest BCUT2D eigenvalue weighted by Gasteiger charge is -2.40. The number of hydrogen-bond donors (Lipinski definition) is 2. The van der Waals surface area contributed by atoms with E-state index < -0.39 is 0 Å². The first-order chi connectivity index (χ1) is 14.8. The number of carbonyl (C=O) groups is 1. The van der Waals surface area contributed by atoms with Crippen molar-refractivity contribution in [2.75, 3.05) is 13.1 Å². The van der Waals surface area contributed by atoms with E-state index in [-0.39, 0.29) is 5.91 Å². The molecule has 0 atom stereocenters. The summed E-state index contributed by atoms with van der Waals surface area (Å²) in [5.74, 6) is 0.684. The van der Waals surface area contributed by atoms with Crippen molar-refractivity contribution in [1.82, 2.24) is 4.90 Å². The van der Waals surface area contributed by atoms with E-state index in [0.717, 1.165) is 40.7 Å². The van der Waals surface area contributed by atoms with Crippen molar-refractivity contribution in [1.29, 1.82) is 10.7 Å². The number of nitrogens with zero attached hydrogens (tertiary/aromatic N) is 2. The molecule has 158 valence electrons. The monoisotopic (exact) mass is 412 g/mol. The Kier molecular flexibility index (Phi) is 5.41. The smallest absolute Gasteiger partial charge is 0.254 e. The fourth-order valence-corrected chi connectivity index (χ4v) is 4.45. The maximum absolute atomic E-state index is 13.2. The number of hydrogen-bond acceptors (Lipinski definition) is 4. The summed E-state index contributed by atoms with van der Waals surface area (Å²) in [5.41, 5.74) is 13.4. The van der Waals surface area contributed by atoms with E-state index in [1.807, 2.05) is 62.1 Å². The largest absolute Gasteiger partial charge is 0.402 e. The van der Waals surface area contributed by atoms with Gasteiger partial charge in [0.25, 0.3) is 5.91 Å². The third kappa shape index (κ3) is 3.98. The van der Waals surface area contributed by atoms with Gasteiger partial charge in [-0.3, -0.25) is 10.2 Å². The third-order valence-electron chi connectivity index (χ3n) is 6.43. The Morgan fingerprint density at radius 1 is 1.10 bits per heavy atom. The summed E-state index contributed by atoms with van der Waals surface area (Å²) >= 11 is 0. The maximum atomic E-state index is 13.2. The van der Waals surface area contributed by atoms with E-state index in [9.17, 15) is 4.79 Å². The molecule has 3 N–H and O–H groups in total. The second-order valence-corrected chi connectivity index (χ2v) is 8.87. The van der Waals surface area contributed by atoms with E-state index in [4.69, 9.17) is 16.4 Å². The Balaban J connectivity index is 1.54. The van der Waals surface area contributed by atoms with Crippen LogP contribution in [0.5, 0.6) is 0 Å². The number of allylic oxidation sites excluding steroid dienone is 2. The van der Waals surface area contributed by atoms with Crippen molar-refractivity contribution >= 4 is 11.6 Å². The quantitative estimate of drug-likeness (QED) is 0.712. The molecule has 0 aromatic heterocycles. The van der Waals surface area contributed by atoms with Crippen LogP contribution in [-0.2, 0) is 0 Å². The molecule has 1 amide bonds. The Hall–Kier alpha value is -3.39. The number of nitriles is 1. The van der Waals surface area contributed by atoms with Crippen LogP contribution in [0.4, 0.5) is 0 Å². The van der Waals surface area contributed by atoms with Gasteiger partial charge in [0, 0.05) is 35.8 Å². The molecular formula is C26H28N4O. The van der Waals surface area contributed by atoms with Gasteiger partial charge < -0.3 is 10.6 Å². The van der Waals surface area contributed by atoms with Crippen molar-refractivity contribution in [3.05, 3.63) is 81.0 Å². The van der Waals surface area contributed by atoms with Crippen molar-refractivity contribution in [3.8, 4) is 6.07 Å². The second-order valence-electron chi connectivity index (χ2n) is 8.87. The lowest BCUT2D eigenvalue weighted by Crippen LogP contribution is -2.48. The zero-order chi connectivity index (χ0) is 22.3. The minimum atomic E-state index is 0.0119. The molecular weight excluding hydrogens is 384 g/mol. The van der Waals surface area contributed by atoms with Crippen molar-refractivity contribution < 1.29 is 4.79 Å². The molecule has 2 aromatic rings. The molecule has 2 aliphatic rings. The highest BCUT2D eigenvalue weighted by atomic mass is 16.2. The Morgan fingerprint density at radius 3 is 2.26 bits per heavy atom. The lowest BCUT2D eigenvalue weighted by atomic mass is 9.88. The van der Waals surface area contributed by atoms with Gasteiger partial charge in [-0.05, 0) is 80.0 Å². The van der Waals surface area contributed by atoms with Gasteiger partial charge in [-0.1, -0.05) is 18.2 Å². The highest BCUT2D eigenvalue weighted by Crippen LogP contribution is 2.39. The van der Waals surface area contributed by atoms with Crippen LogP contribution in [0.1, 0.15) is 63.9 Å². The third-order valence-corrected chi connectivity index (χ3v) is 6.43. The van der Waals surface area contributed by atoms with Gasteiger partial charge in [-0.15, -0.1) is 0 Å². The topological polar surface area (TPSA) is 94.0 Å². The molecule has 0 unspecified atom stereocenters. The number of carbonyl (C=O) groups excluding carboxylic acids is 1. The predicted molar refractivity (Wildman–Crippen MR) is 122 cm³/mol. The van der Waals surface area contributed by atoms with Crippen LogP contribution >= 0.6 is 0 Å². The van der Waals surface area contributed by atoms with Crippen LogP contribution in [0.2, 0.25) is 0 Å². The first kappa shape index (κ1) is 20.9. The number of nitrogens with one attached hydrogen (secondary N) is 1. The van der Waals surface area contributed by atoms with E-state index in [1.54, 1.807) is 0 Å². The summed E-state index contributed by atoms with van der Waals surface area (Å²) in [7, 11) is 0. The number of benzene rings is 2. The molecule has 1 aliphatic carbocycles. The summed E-state index contributed by atoms with van der Waals surface area (Å²) in [6.07, 6.45) is 2.15. The number of aryl methyl sites for hydroxylation is 2. The summed E-state index contributed by atoms with van der Waals surface area (Å²) in [6.45, 7) is 7.14. The lowest BCUT2D eigenvalue weighted by molar-refractivity contribution is 0.0601. The first-order valence-electron chi connectivity index (χ1n) is 10.8. The highest BCUT2D eigenvalue weighted by molar-refractivity contribution is 6.13. The molecule has 4 rings (SSSR count). The minimum absolute atomic E-state index is 0.0119. The minimum Gasteiger partial charge on any atom is -0.402 e. The molecule has 2 aromatic carbocycles. The van der Waals surface area contributed by atoms with Crippen molar-refractivity contribution in [2.24, 2.45) is 11.7 Å². The predicted octanol–water partition coefficient (Wildman–Crippen LogP) is 4.43. The first-order valence-corrected chi connectivity index (χ1v) is 10.8. The molecule has 0 spiro atoms. The Morgan fingerprint density at radius 2 is 1.71 bits per heavy atom. The molecule has 0 radical (unpaired) electrons. The average molecular weight is 413 g/mol. The average Bonchev–Trinajstić information content (AvgIpc) is 3.52. The zero-order valence-electron chi connectivity index (χ0n) is 18.3. The van der Waals surface area contributed by atoms with Gasteiger partial charge in [0.05, 0.1) is 17.3 Å². The van der Waals surface area contributed by atoms with Gasteiger partial charge in [-0.2, -0.15) is 5.26 Å². The summed E-state index contributed by atoms with van der Waals surface area (Å²) in [5, 5.41) is 17.8. The molecule has 31 heavy (non-hydrogen) atoms. The zero-order valence-corrected chi connectivity index (χ0v) is 18.3. The standard InChI is InChI=1S/C26H28N4O/c1-15-10-16(2)23(11-22(15)25(29)24(17(3)28)20-8-9-20)26(31)30-13-21(14-30)19-6-4-18(12-27)5-7-19/h4-7,10-11,20-21,29H,8-9,13-14,28H2,1-3H3. The maximum Gasteiger partial charge on any atom is 0.254 e. The van der Waals surface area contributed by atoms with Crippen LogP contribution in [0.25, 0.3) is 0 Å². The molecule has 2 fully saturated rings. The molecule has 1 aliphatic heterocycles. The molecule has 1 saturated heterocycles. The van der Waals surface area contributed by atoms with Gasteiger partial charge >= 0.3 is 0 Å². The van der Waals surface area contributed by atoms with Crippen LogP contribution in [0.15, 0.2) is 47.7 Å².